The lowest BCUT2D eigenvalue weighted by molar-refractivity contribution is -0.118. The van der Waals surface area contributed by atoms with E-state index in [4.69, 9.17) is 9.47 Å². The van der Waals surface area contributed by atoms with Crippen molar-refractivity contribution < 1.29 is 22.7 Å². The van der Waals surface area contributed by atoms with E-state index in [2.05, 4.69) is 35.9 Å². The minimum atomic E-state index is -3.94. The molecular weight excluding hydrogens is 548 g/mol. The maximum Gasteiger partial charge on any atom is 0.263 e. The zero-order valence-electron chi connectivity index (χ0n) is 19.0. The number of amides is 1. The number of halogens is 1. The molecule has 36 heavy (non-hydrogen) atoms. The third-order valence-corrected chi connectivity index (χ3v) is 6.91. The summed E-state index contributed by atoms with van der Waals surface area (Å²) in [5.74, 6) is 0.146. The van der Waals surface area contributed by atoms with Gasteiger partial charge in [-0.25, -0.2) is 18.4 Å². The molecule has 1 heterocycles. The largest absolute Gasteiger partial charge is 0.483 e. The Morgan fingerprint density at radius 1 is 0.944 bits per heavy atom. The van der Waals surface area contributed by atoms with Gasteiger partial charge in [0.05, 0.1) is 16.5 Å². The minimum absolute atomic E-state index is 0.0214. The highest BCUT2D eigenvalue weighted by Gasteiger charge is 2.18. The molecule has 4 aromatic rings. The van der Waals surface area contributed by atoms with E-state index in [1.165, 1.54) is 43.8 Å². The highest BCUT2D eigenvalue weighted by atomic mass is 79.9. The summed E-state index contributed by atoms with van der Waals surface area (Å²) in [6.45, 7) is -0.225. The lowest BCUT2D eigenvalue weighted by Crippen LogP contribution is -2.20. The summed E-state index contributed by atoms with van der Waals surface area (Å²) in [7, 11) is -2.58. The van der Waals surface area contributed by atoms with Gasteiger partial charge in [0, 0.05) is 18.1 Å². The van der Waals surface area contributed by atoms with Crippen molar-refractivity contribution in [2.45, 2.75) is 4.90 Å². The second kappa shape index (κ2) is 11.2. The average Bonchev–Trinajstić information content (AvgIpc) is 2.89. The molecule has 0 bridgehead atoms. The fourth-order valence-corrected chi connectivity index (χ4v) is 4.72. The van der Waals surface area contributed by atoms with Crippen molar-refractivity contribution in [3.8, 4) is 22.8 Å². The van der Waals surface area contributed by atoms with Gasteiger partial charge in [-0.2, -0.15) is 0 Å². The summed E-state index contributed by atoms with van der Waals surface area (Å²) in [6.07, 6.45) is 2.73. The van der Waals surface area contributed by atoms with Crippen LogP contribution in [-0.2, 0) is 14.8 Å². The molecule has 0 fully saturated rings. The second-order valence-corrected chi connectivity index (χ2v) is 9.93. The molecular formula is C25H21BrN4O5S. The Labute approximate surface area is 216 Å². The van der Waals surface area contributed by atoms with Crippen LogP contribution >= 0.6 is 15.9 Å². The number of sulfonamides is 1. The maximum absolute atomic E-state index is 12.7. The van der Waals surface area contributed by atoms with Crippen molar-refractivity contribution in [2.24, 2.45) is 0 Å². The van der Waals surface area contributed by atoms with E-state index in [0.29, 0.717) is 11.4 Å². The van der Waals surface area contributed by atoms with Gasteiger partial charge >= 0.3 is 0 Å². The van der Waals surface area contributed by atoms with Gasteiger partial charge in [0.2, 0.25) is 5.82 Å². The third-order valence-electron chi connectivity index (χ3n) is 4.94. The molecule has 0 aliphatic rings. The summed E-state index contributed by atoms with van der Waals surface area (Å²) in [5.41, 5.74) is 2.50. The van der Waals surface area contributed by atoms with Gasteiger partial charge in [-0.3, -0.25) is 9.52 Å². The van der Waals surface area contributed by atoms with Crippen LogP contribution in [0.1, 0.15) is 0 Å². The molecule has 1 amide bonds. The predicted octanol–water partition coefficient (Wildman–Crippen LogP) is 4.73. The lowest BCUT2D eigenvalue weighted by atomic mass is 10.1. The van der Waals surface area contributed by atoms with E-state index in [1.54, 1.807) is 6.07 Å². The molecule has 0 atom stereocenters. The van der Waals surface area contributed by atoms with Gasteiger partial charge in [-0.1, -0.05) is 36.4 Å². The predicted molar refractivity (Wildman–Crippen MR) is 140 cm³/mol. The maximum atomic E-state index is 12.7. The summed E-state index contributed by atoms with van der Waals surface area (Å²) in [4.78, 5) is 20.2. The van der Waals surface area contributed by atoms with E-state index in [1.807, 2.05) is 42.5 Å². The molecule has 0 radical (unpaired) electrons. The van der Waals surface area contributed by atoms with Crippen LogP contribution in [0.15, 0.2) is 94.6 Å². The summed E-state index contributed by atoms with van der Waals surface area (Å²) in [5, 5.41) is 2.68. The van der Waals surface area contributed by atoms with Crippen LogP contribution < -0.4 is 19.5 Å². The first-order valence-electron chi connectivity index (χ1n) is 10.6. The molecule has 0 unspecified atom stereocenters. The number of benzene rings is 3. The molecule has 0 saturated carbocycles. The summed E-state index contributed by atoms with van der Waals surface area (Å²) < 4.78 is 39.0. The number of rotatable bonds is 9. The first-order chi connectivity index (χ1) is 17.4. The zero-order valence-corrected chi connectivity index (χ0v) is 21.4. The van der Waals surface area contributed by atoms with Crippen molar-refractivity contribution in [1.29, 1.82) is 0 Å². The van der Waals surface area contributed by atoms with Crippen LogP contribution in [0, 0.1) is 0 Å². The number of carbonyl (C=O) groups is 1. The van der Waals surface area contributed by atoms with Gasteiger partial charge in [0.25, 0.3) is 21.8 Å². The SMILES string of the molecule is COc1nccnc1NS(=O)(=O)c1ccc(NC(=O)COc2ccc(-c3ccccc3)cc2Br)cc1. The van der Waals surface area contributed by atoms with Crippen LogP contribution in [0.3, 0.4) is 0 Å². The first-order valence-corrected chi connectivity index (χ1v) is 12.9. The van der Waals surface area contributed by atoms with Crippen LogP contribution in [0.4, 0.5) is 11.5 Å². The van der Waals surface area contributed by atoms with Gasteiger partial charge < -0.3 is 14.8 Å². The molecule has 184 valence electrons. The number of ether oxygens (including phenoxy) is 2. The molecule has 11 heteroatoms. The number of hydrogen-bond acceptors (Lipinski definition) is 7. The number of carbonyl (C=O) groups excluding carboxylic acids is 1. The van der Waals surface area contributed by atoms with Crippen molar-refractivity contribution in [3.63, 3.8) is 0 Å². The van der Waals surface area contributed by atoms with Gasteiger partial charge in [0.15, 0.2) is 6.61 Å². The van der Waals surface area contributed by atoms with Crippen LogP contribution in [0.5, 0.6) is 11.6 Å². The first kappa shape index (κ1) is 25.1. The second-order valence-electron chi connectivity index (χ2n) is 7.39. The molecule has 4 rings (SSSR count). The molecule has 3 aromatic carbocycles. The van der Waals surface area contributed by atoms with Crippen molar-refractivity contribution in [3.05, 3.63) is 89.7 Å². The Morgan fingerprint density at radius 2 is 1.67 bits per heavy atom. The molecule has 0 aliphatic heterocycles. The highest BCUT2D eigenvalue weighted by Crippen LogP contribution is 2.30. The molecule has 0 spiro atoms. The quantitative estimate of drug-likeness (QED) is 0.299. The Hall–Kier alpha value is -3.96. The number of methoxy groups -OCH3 is 1. The third kappa shape index (κ3) is 6.18. The number of hydrogen-bond donors (Lipinski definition) is 2. The average molecular weight is 569 g/mol. The van der Waals surface area contributed by atoms with Crippen LogP contribution in [0.2, 0.25) is 0 Å². The Kier molecular flexibility index (Phi) is 7.81. The topological polar surface area (TPSA) is 120 Å². The van der Waals surface area contributed by atoms with E-state index >= 15 is 0 Å². The Morgan fingerprint density at radius 3 is 2.36 bits per heavy atom. The summed E-state index contributed by atoms with van der Waals surface area (Å²) >= 11 is 3.48. The lowest BCUT2D eigenvalue weighted by Gasteiger charge is -2.12. The smallest absolute Gasteiger partial charge is 0.263 e. The molecule has 2 N–H and O–H groups in total. The fourth-order valence-electron chi connectivity index (χ4n) is 3.22. The highest BCUT2D eigenvalue weighted by molar-refractivity contribution is 9.10. The number of aromatic nitrogens is 2. The van der Waals surface area contributed by atoms with E-state index in [9.17, 15) is 13.2 Å². The molecule has 0 aliphatic carbocycles. The van der Waals surface area contributed by atoms with Crippen molar-refractivity contribution >= 4 is 43.4 Å². The van der Waals surface area contributed by atoms with E-state index in [0.717, 1.165) is 15.6 Å². The zero-order chi connectivity index (χ0) is 25.5. The fraction of sp³-hybridized carbons (Fsp3) is 0.0800. The van der Waals surface area contributed by atoms with Gasteiger partial charge in [-0.15, -0.1) is 0 Å². The molecule has 0 saturated heterocycles. The van der Waals surface area contributed by atoms with Gasteiger partial charge in [-0.05, 0) is 63.5 Å². The summed E-state index contributed by atoms with van der Waals surface area (Å²) in [6, 6.07) is 21.2. The normalized spacial score (nSPS) is 10.9. The minimum Gasteiger partial charge on any atom is -0.483 e. The number of nitrogens with zero attached hydrogens (tertiary/aromatic N) is 2. The Bertz CT molecular complexity index is 1470. The van der Waals surface area contributed by atoms with Crippen molar-refractivity contribution in [1.82, 2.24) is 9.97 Å². The van der Waals surface area contributed by atoms with Crippen molar-refractivity contribution in [2.75, 3.05) is 23.8 Å². The standard InChI is InChI=1S/C25H21BrN4O5S/c1-34-25-24(27-13-14-28-25)30-36(32,33)20-10-8-19(9-11-20)29-23(31)16-35-22-12-7-18(15-21(22)26)17-5-3-2-4-6-17/h2-15H,16H2,1H3,(H,27,30)(H,29,31). The van der Waals surface area contributed by atoms with Crippen LogP contribution in [-0.4, -0.2) is 38.0 Å². The van der Waals surface area contributed by atoms with E-state index in [-0.39, 0.29) is 23.2 Å². The number of nitrogens with one attached hydrogen (secondary N) is 2. The Balaban J connectivity index is 1.35. The van der Waals surface area contributed by atoms with Crippen LogP contribution in [0.25, 0.3) is 11.1 Å². The molecule has 9 nitrogen and oxygen atoms in total. The van der Waals surface area contributed by atoms with E-state index < -0.39 is 15.9 Å². The molecule has 1 aromatic heterocycles. The number of anilines is 2. The monoisotopic (exact) mass is 568 g/mol. The van der Waals surface area contributed by atoms with Gasteiger partial charge in [0.1, 0.15) is 5.75 Å².